The van der Waals surface area contributed by atoms with Crippen LogP contribution in [0.25, 0.3) is 0 Å². The van der Waals surface area contributed by atoms with Gasteiger partial charge in [0.1, 0.15) is 11.7 Å². The van der Waals surface area contributed by atoms with Gasteiger partial charge in [-0.05, 0) is 37.4 Å². The number of aliphatic hydroxyl groups excluding tert-OH is 4. The third-order valence-electron chi connectivity index (χ3n) is 8.39. The first-order chi connectivity index (χ1) is 21.3. The van der Waals surface area contributed by atoms with Gasteiger partial charge >= 0.3 is 5.97 Å². The predicted molar refractivity (Wildman–Crippen MR) is 176 cm³/mol. The summed E-state index contributed by atoms with van der Waals surface area (Å²) in [5, 5.41) is 39.8. The molecular formula is C34H52ClN3O7. The molecule has 0 spiro atoms. The SMILES string of the molecule is CCOC(=O)C1CN(Cc2ccccc2)CCC1=O.Cl.OCC1CN(Cc2ccccc2)CCC1O.OCC1CNCCC1O. The van der Waals surface area contributed by atoms with Crippen LogP contribution in [0.15, 0.2) is 60.7 Å². The number of benzene rings is 2. The highest BCUT2D eigenvalue weighted by Gasteiger charge is 2.33. The van der Waals surface area contributed by atoms with E-state index >= 15 is 0 Å². The summed E-state index contributed by atoms with van der Waals surface area (Å²) in [6, 6.07) is 20.4. The van der Waals surface area contributed by atoms with Gasteiger partial charge in [-0.2, -0.15) is 0 Å². The lowest BCUT2D eigenvalue weighted by atomic mass is 9.95. The second kappa shape index (κ2) is 21.4. The highest BCUT2D eigenvalue weighted by molar-refractivity contribution is 5.99. The summed E-state index contributed by atoms with van der Waals surface area (Å²) in [5.41, 5.74) is 2.48. The fourth-order valence-electron chi connectivity index (χ4n) is 5.68. The van der Waals surface area contributed by atoms with E-state index in [2.05, 4.69) is 39.4 Å². The van der Waals surface area contributed by atoms with Gasteiger partial charge in [-0.25, -0.2) is 0 Å². The molecule has 0 amide bonds. The normalized spacial score (nSPS) is 25.4. The second-order valence-corrected chi connectivity index (χ2v) is 11.8. The fourth-order valence-corrected chi connectivity index (χ4v) is 5.68. The number of rotatable bonds is 8. The van der Waals surface area contributed by atoms with Crippen LogP contribution in [0.4, 0.5) is 0 Å². The summed E-state index contributed by atoms with van der Waals surface area (Å²) in [5.74, 6) is -0.929. The van der Waals surface area contributed by atoms with Gasteiger partial charge in [-0.3, -0.25) is 19.4 Å². The van der Waals surface area contributed by atoms with Crippen molar-refractivity contribution >= 4 is 24.2 Å². The Morgan fingerprint density at radius 2 is 1.40 bits per heavy atom. The van der Waals surface area contributed by atoms with Crippen molar-refractivity contribution in [3.8, 4) is 0 Å². The summed E-state index contributed by atoms with van der Waals surface area (Å²) in [6.07, 6.45) is 1.33. The Labute approximate surface area is 273 Å². The summed E-state index contributed by atoms with van der Waals surface area (Å²) in [6.45, 7) is 8.41. The van der Waals surface area contributed by atoms with E-state index in [9.17, 15) is 14.7 Å². The van der Waals surface area contributed by atoms with Gasteiger partial charge < -0.3 is 30.5 Å². The Morgan fingerprint density at radius 1 is 0.844 bits per heavy atom. The van der Waals surface area contributed by atoms with Crippen LogP contribution in [0.3, 0.4) is 0 Å². The zero-order chi connectivity index (χ0) is 31.7. The zero-order valence-electron chi connectivity index (χ0n) is 26.4. The first-order valence-electron chi connectivity index (χ1n) is 15.8. The molecule has 5 N–H and O–H groups in total. The van der Waals surface area contributed by atoms with Crippen molar-refractivity contribution in [2.45, 2.75) is 51.5 Å². The molecule has 45 heavy (non-hydrogen) atoms. The van der Waals surface area contributed by atoms with Crippen LogP contribution in [0.2, 0.25) is 0 Å². The topological polar surface area (TPSA) is 143 Å². The minimum atomic E-state index is -0.614. The van der Waals surface area contributed by atoms with Gasteiger partial charge in [0.25, 0.3) is 0 Å². The molecule has 5 unspecified atom stereocenters. The maximum absolute atomic E-state index is 11.8. The first-order valence-corrected chi connectivity index (χ1v) is 15.8. The van der Waals surface area contributed by atoms with Crippen LogP contribution in [0, 0.1) is 17.8 Å². The Bertz CT molecular complexity index is 1100. The molecular weight excluding hydrogens is 598 g/mol. The predicted octanol–water partition coefficient (Wildman–Crippen LogP) is 1.87. The molecule has 2 aromatic carbocycles. The minimum Gasteiger partial charge on any atom is -0.465 e. The maximum Gasteiger partial charge on any atom is 0.317 e. The highest BCUT2D eigenvalue weighted by Crippen LogP contribution is 2.19. The Balaban J connectivity index is 0.000000246. The number of aliphatic hydroxyl groups is 4. The van der Waals surface area contributed by atoms with Gasteiger partial charge in [0.15, 0.2) is 0 Å². The number of likely N-dealkylation sites (tertiary alicyclic amines) is 2. The molecule has 3 aliphatic rings. The number of ketones is 1. The Morgan fingerprint density at radius 3 is 1.91 bits per heavy atom. The molecule has 3 aliphatic heterocycles. The molecule has 3 fully saturated rings. The number of hydrogen-bond acceptors (Lipinski definition) is 10. The van der Waals surface area contributed by atoms with E-state index in [1.165, 1.54) is 11.1 Å². The number of nitrogens with zero attached hydrogens (tertiary/aromatic N) is 2. The molecule has 0 radical (unpaired) electrons. The molecule has 0 saturated carbocycles. The summed E-state index contributed by atoms with van der Waals surface area (Å²) >= 11 is 0. The lowest BCUT2D eigenvalue weighted by Crippen LogP contribution is -2.44. The van der Waals surface area contributed by atoms with Crippen molar-refractivity contribution in [2.24, 2.45) is 17.8 Å². The summed E-state index contributed by atoms with van der Waals surface area (Å²) in [4.78, 5) is 27.9. The van der Waals surface area contributed by atoms with Gasteiger partial charge in [0.2, 0.25) is 0 Å². The van der Waals surface area contributed by atoms with Gasteiger partial charge in [-0.15, -0.1) is 12.4 Å². The van der Waals surface area contributed by atoms with Crippen molar-refractivity contribution < 1.29 is 34.8 Å². The van der Waals surface area contributed by atoms with E-state index in [-0.39, 0.29) is 61.4 Å². The van der Waals surface area contributed by atoms with Crippen molar-refractivity contribution in [3.63, 3.8) is 0 Å². The molecule has 2 aromatic rings. The third-order valence-corrected chi connectivity index (χ3v) is 8.39. The number of nitrogens with one attached hydrogen (secondary N) is 1. The lowest BCUT2D eigenvalue weighted by Gasteiger charge is -2.35. The highest BCUT2D eigenvalue weighted by atomic mass is 35.5. The molecule has 10 nitrogen and oxygen atoms in total. The molecule has 0 bridgehead atoms. The Hall–Kier alpha value is -2.41. The molecule has 3 heterocycles. The van der Waals surface area contributed by atoms with Crippen molar-refractivity contribution in [1.82, 2.24) is 15.1 Å². The van der Waals surface area contributed by atoms with E-state index in [0.717, 1.165) is 52.1 Å². The number of ether oxygens (including phenoxy) is 1. The zero-order valence-corrected chi connectivity index (χ0v) is 27.2. The summed E-state index contributed by atoms with van der Waals surface area (Å²) in [7, 11) is 0. The third kappa shape index (κ3) is 13.5. The van der Waals surface area contributed by atoms with E-state index in [1.54, 1.807) is 6.92 Å². The van der Waals surface area contributed by atoms with E-state index in [0.29, 0.717) is 26.1 Å². The van der Waals surface area contributed by atoms with Crippen molar-refractivity contribution in [2.75, 3.05) is 59.1 Å². The van der Waals surface area contributed by atoms with Gasteiger partial charge in [-0.1, -0.05) is 60.7 Å². The average Bonchev–Trinajstić information content (AvgIpc) is 3.05. The van der Waals surface area contributed by atoms with Crippen LogP contribution in [0.1, 0.15) is 37.3 Å². The second-order valence-electron chi connectivity index (χ2n) is 11.8. The fraction of sp³-hybridized carbons (Fsp3) is 0.588. The maximum atomic E-state index is 11.8. The smallest absolute Gasteiger partial charge is 0.317 e. The van der Waals surface area contributed by atoms with Crippen LogP contribution in [-0.2, 0) is 27.4 Å². The molecule has 11 heteroatoms. The number of carbonyl (C=O) groups excluding carboxylic acids is 2. The van der Waals surface area contributed by atoms with Crippen molar-refractivity contribution in [3.05, 3.63) is 71.8 Å². The van der Waals surface area contributed by atoms with E-state index in [4.69, 9.17) is 20.1 Å². The van der Waals surface area contributed by atoms with Gasteiger partial charge in [0.05, 0.1) is 18.8 Å². The monoisotopic (exact) mass is 649 g/mol. The number of Topliss-reactive ketones (excluding diaryl/α,β-unsaturated/α-hetero) is 1. The molecule has 5 rings (SSSR count). The van der Waals surface area contributed by atoms with Crippen LogP contribution < -0.4 is 5.32 Å². The Kier molecular flexibility index (Phi) is 18.4. The number of hydrogen-bond donors (Lipinski definition) is 5. The largest absolute Gasteiger partial charge is 0.465 e. The molecule has 0 aromatic heterocycles. The minimum absolute atomic E-state index is 0. The van der Waals surface area contributed by atoms with Crippen LogP contribution in [-0.4, -0.2) is 113 Å². The van der Waals surface area contributed by atoms with E-state index < -0.39 is 5.92 Å². The number of carbonyl (C=O) groups is 2. The number of piperidine rings is 3. The quantitative estimate of drug-likeness (QED) is 0.213. The van der Waals surface area contributed by atoms with Crippen molar-refractivity contribution in [1.29, 1.82) is 0 Å². The van der Waals surface area contributed by atoms with Crippen LogP contribution in [0.5, 0.6) is 0 Å². The number of esters is 1. The van der Waals surface area contributed by atoms with Gasteiger partial charge in [0, 0.05) is 77.3 Å². The number of halogens is 1. The molecule has 5 atom stereocenters. The summed E-state index contributed by atoms with van der Waals surface area (Å²) < 4.78 is 4.96. The molecule has 3 saturated heterocycles. The van der Waals surface area contributed by atoms with Crippen LogP contribution >= 0.6 is 12.4 Å². The standard InChI is InChI=1S/C15H19NO3.C13H19NO2.C6H13NO2.ClH/c1-2-19-15(18)13-11-16(9-8-14(13)17)10-12-6-4-3-5-7-12;15-10-12-9-14(7-6-13(12)16)8-11-4-2-1-3-5-11;8-4-5-3-7-2-1-6(5)9;/h3-7,13H,2,8-11H2,1H3;1-5,12-13,15-16H,6-10H2;5-9H,1-4H2;1H. The molecule has 252 valence electrons. The van der Waals surface area contributed by atoms with E-state index in [1.807, 2.05) is 36.4 Å². The molecule has 0 aliphatic carbocycles. The first kappa shape index (κ1) is 38.8. The average molecular weight is 650 g/mol. The lowest BCUT2D eigenvalue weighted by molar-refractivity contribution is -0.154.